The fourth-order valence-corrected chi connectivity index (χ4v) is 4.06. The van der Waals surface area contributed by atoms with Gasteiger partial charge in [-0.3, -0.25) is 14.6 Å². The van der Waals surface area contributed by atoms with Crippen LogP contribution in [0.25, 0.3) is 39.4 Å². The maximum Gasteiger partial charge on any atom is 0.263 e. The smallest absolute Gasteiger partial charge is 0.263 e. The van der Waals surface area contributed by atoms with Crippen molar-refractivity contribution >= 4 is 22.5 Å². The molecule has 3 aromatic heterocycles. The van der Waals surface area contributed by atoms with Crippen molar-refractivity contribution < 1.29 is 13.9 Å². The molecule has 0 radical (unpaired) electrons. The highest BCUT2D eigenvalue weighted by atomic mass is 16.5. The molecule has 9 heteroatoms. The molecule has 0 aliphatic rings. The van der Waals surface area contributed by atoms with Crippen LogP contribution in [0.2, 0.25) is 0 Å². The number of furan rings is 1. The van der Waals surface area contributed by atoms with Crippen LogP contribution in [0.5, 0.6) is 5.75 Å². The van der Waals surface area contributed by atoms with Crippen LogP contribution in [0.3, 0.4) is 0 Å². The van der Waals surface area contributed by atoms with Crippen LogP contribution in [0.15, 0.2) is 113 Å². The van der Waals surface area contributed by atoms with Gasteiger partial charge in [0.25, 0.3) is 11.5 Å². The zero-order chi connectivity index (χ0) is 25.9. The maximum atomic E-state index is 12.9. The number of amides is 1. The number of benzene rings is 3. The Bertz CT molecular complexity index is 1790. The number of carbonyl (C=O) groups excluding carboxylic acids is 1. The third kappa shape index (κ3) is 4.80. The summed E-state index contributed by atoms with van der Waals surface area (Å²) in [4.78, 5) is 32.7. The molecule has 38 heavy (non-hydrogen) atoms. The first-order valence-corrected chi connectivity index (χ1v) is 11.8. The van der Waals surface area contributed by atoms with Gasteiger partial charge in [0.1, 0.15) is 17.3 Å². The third-order valence-corrected chi connectivity index (χ3v) is 5.84. The van der Waals surface area contributed by atoms with Gasteiger partial charge in [0.05, 0.1) is 12.0 Å². The van der Waals surface area contributed by atoms with Crippen molar-refractivity contribution in [1.82, 2.24) is 19.7 Å². The van der Waals surface area contributed by atoms with Gasteiger partial charge in [0.2, 0.25) is 5.95 Å². The lowest BCUT2D eigenvalue weighted by molar-refractivity contribution is -0.118. The minimum Gasteiger partial charge on any atom is -0.484 e. The summed E-state index contributed by atoms with van der Waals surface area (Å²) in [7, 11) is 0. The number of aromatic amines is 1. The van der Waals surface area contributed by atoms with Crippen LogP contribution in [-0.2, 0) is 4.79 Å². The van der Waals surface area contributed by atoms with Gasteiger partial charge in [-0.25, -0.2) is 4.98 Å². The molecule has 6 rings (SSSR count). The largest absolute Gasteiger partial charge is 0.484 e. The molecule has 1 amide bonds. The van der Waals surface area contributed by atoms with Crippen molar-refractivity contribution in [3.63, 3.8) is 0 Å². The molecule has 186 valence electrons. The fourth-order valence-electron chi connectivity index (χ4n) is 4.06. The van der Waals surface area contributed by atoms with Gasteiger partial charge in [0.15, 0.2) is 12.4 Å². The van der Waals surface area contributed by atoms with Crippen molar-refractivity contribution in [3.05, 3.63) is 114 Å². The molecular weight excluding hydrogens is 482 g/mol. The first-order valence-electron chi connectivity index (χ1n) is 11.8. The van der Waals surface area contributed by atoms with E-state index in [1.54, 1.807) is 18.2 Å². The first kappa shape index (κ1) is 23.0. The number of carbonyl (C=O) groups is 1. The van der Waals surface area contributed by atoms with E-state index in [9.17, 15) is 9.59 Å². The second-order valence-electron chi connectivity index (χ2n) is 8.47. The minimum absolute atomic E-state index is 0.139. The molecule has 0 aliphatic carbocycles. The Labute approximate surface area is 216 Å². The Hall–Kier alpha value is -5.44. The van der Waals surface area contributed by atoms with Crippen LogP contribution in [0.1, 0.15) is 0 Å². The number of fused-ring (bicyclic) bond motifs is 1. The van der Waals surface area contributed by atoms with E-state index in [4.69, 9.17) is 9.15 Å². The molecule has 0 bridgehead atoms. The Morgan fingerprint density at radius 2 is 1.71 bits per heavy atom. The highest BCUT2D eigenvalue weighted by Crippen LogP contribution is 2.25. The summed E-state index contributed by atoms with van der Waals surface area (Å²) >= 11 is 0. The van der Waals surface area contributed by atoms with E-state index in [-0.39, 0.29) is 23.9 Å². The van der Waals surface area contributed by atoms with E-state index in [1.807, 2.05) is 72.8 Å². The zero-order valence-electron chi connectivity index (χ0n) is 20.0. The van der Waals surface area contributed by atoms with E-state index in [2.05, 4.69) is 20.4 Å². The average molecular weight is 504 g/mol. The van der Waals surface area contributed by atoms with Crippen molar-refractivity contribution in [1.29, 1.82) is 0 Å². The van der Waals surface area contributed by atoms with Gasteiger partial charge in [0, 0.05) is 17.7 Å². The average Bonchev–Trinajstić information content (AvgIpc) is 3.63. The topological polar surface area (TPSA) is 115 Å². The van der Waals surface area contributed by atoms with Crippen LogP contribution in [0.4, 0.5) is 5.82 Å². The maximum absolute atomic E-state index is 12.9. The van der Waals surface area contributed by atoms with Crippen molar-refractivity contribution in [2.24, 2.45) is 0 Å². The predicted molar refractivity (Wildman–Crippen MR) is 143 cm³/mol. The van der Waals surface area contributed by atoms with E-state index in [0.29, 0.717) is 22.9 Å². The Morgan fingerprint density at radius 1 is 0.895 bits per heavy atom. The summed E-state index contributed by atoms with van der Waals surface area (Å²) in [5.74, 6) is 1.09. The number of hydrogen-bond acceptors (Lipinski definition) is 6. The van der Waals surface area contributed by atoms with E-state index < -0.39 is 5.91 Å². The van der Waals surface area contributed by atoms with Gasteiger partial charge in [-0.05, 0) is 35.0 Å². The van der Waals surface area contributed by atoms with E-state index >= 15 is 0 Å². The molecule has 0 unspecified atom stereocenters. The summed E-state index contributed by atoms with van der Waals surface area (Å²) in [6.07, 6.45) is 1.53. The SMILES string of the molecule is O=C(COc1ccc2ccccc2c1)Nc1cc(-c2ccco2)nn1-c1nc(-c2ccccc2)cc(=O)[nH]1. The molecule has 0 spiro atoms. The van der Waals surface area contributed by atoms with Crippen molar-refractivity contribution in [3.8, 4) is 34.4 Å². The number of anilines is 1. The lowest BCUT2D eigenvalue weighted by Crippen LogP contribution is -2.23. The summed E-state index contributed by atoms with van der Waals surface area (Å²) in [5, 5.41) is 9.44. The van der Waals surface area contributed by atoms with Crippen LogP contribution < -0.4 is 15.6 Å². The highest BCUT2D eigenvalue weighted by Gasteiger charge is 2.18. The molecule has 0 saturated heterocycles. The van der Waals surface area contributed by atoms with Gasteiger partial charge >= 0.3 is 0 Å². The monoisotopic (exact) mass is 503 g/mol. The summed E-state index contributed by atoms with van der Waals surface area (Å²) in [5.41, 5.74) is 1.33. The summed E-state index contributed by atoms with van der Waals surface area (Å²) < 4.78 is 12.6. The van der Waals surface area contributed by atoms with E-state index in [0.717, 1.165) is 16.3 Å². The van der Waals surface area contributed by atoms with Crippen LogP contribution in [-0.4, -0.2) is 32.3 Å². The second-order valence-corrected chi connectivity index (χ2v) is 8.47. The summed E-state index contributed by atoms with van der Waals surface area (Å²) in [6.45, 7) is -0.229. The number of aromatic nitrogens is 4. The molecule has 3 heterocycles. The second kappa shape index (κ2) is 9.90. The van der Waals surface area contributed by atoms with Crippen LogP contribution in [0, 0.1) is 0 Å². The number of ether oxygens (including phenoxy) is 1. The quantitative estimate of drug-likeness (QED) is 0.315. The number of hydrogen-bond donors (Lipinski definition) is 2. The van der Waals surface area contributed by atoms with Crippen LogP contribution >= 0.6 is 0 Å². The lowest BCUT2D eigenvalue weighted by Gasteiger charge is -2.10. The van der Waals surface area contributed by atoms with Gasteiger partial charge < -0.3 is 14.5 Å². The Morgan fingerprint density at radius 3 is 2.53 bits per heavy atom. The number of rotatable bonds is 7. The third-order valence-electron chi connectivity index (χ3n) is 5.84. The number of H-pyrrole nitrogens is 1. The lowest BCUT2D eigenvalue weighted by atomic mass is 10.1. The zero-order valence-corrected chi connectivity index (χ0v) is 20.0. The molecule has 6 aromatic rings. The molecule has 0 fully saturated rings. The molecule has 0 aliphatic heterocycles. The predicted octanol–water partition coefficient (Wildman–Crippen LogP) is 5.05. The van der Waals surface area contributed by atoms with E-state index in [1.165, 1.54) is 17.0 Å². The Kier molecular flexibility index (Phi) is 5.99. The number of nitrogens with zero attached hydrogens (tertiary/aromatic N) is 3. The molecule has 0 saturated carbocycles. The van der Waals surface area contributed by atoms with Gasteiger partial charge in [-0.1, -0.05) is 60.7 Å². The normalized spacial score (nSPS) is 10.9. The first-order chi connectivity index (χ1) is 18.6. The molecular formula is C29H21N5O4. The fraction of sp³-hybridized carbons (Fsp3) is 0.0345. The van der Waals surface area contributed by atoms with Crippen molar-refractivity contribution in [2.75, 3.05) is 11.9 Å². The Balaban J connectivity index is 1.29. The summed E-state index contributed by atoms with van der Waals surface area (Å²) in [6, 6.07) is 29.4. The van der Waals surface area contributed by atoms with Crippen molar-refractivity contribution in [2.45, 2.75) is 0 Å². The number of nitrogens with one attached hydrogen (secondary N) is 2. The molecule has 3 aromatic carbocycles. The standard InChI is InChI=1S/C29H21N5O4/c35-27-17-23(20-8-2-1-3-9-20)30-29(32-27)34-26(16-24(33-34)25-11-6-14-37-25)31-28(36)18-38-22-13-12-19-7-4-5-10-21(19)15-22/h1-17H,18H2,(H,31,36)(H,30,32,35). The molecule has 0 atom stereocenters. The molecule has 9 nitrogen and oxygen atoms in total. The highest BCUT2D eigenvalue weighted by molar-refractivity contribution is 5.92. The van der Waals surface area contributed by atoms with Gasteiger partial charge in [-0.2, -0.15) is 9.78 Å². The minimum atomic E-state index is -0.410. The van der Waals surface area contributed by atoms with Gasteiger partial charge in [-0.15, -0.1) is 0 Å². The molecule has 2 N–H and O–H groups in total.